The Bertz CT molecular complexity index is 597. The Labute approximate surface area is 108 Å². The normalized spacial score (nSPS) is 9.39. The Morgan fingerprint density at radius 1 is 1.50 bits per heavy atom. The van der Waals surface area contributed by atoms with E-state index in [2.05, 4.69) is 27.4 Å². The zero-order valence-corrected chi connectivity index (χ0v) is 10.2. The number of rotatable bonds is 2. The molecule has 2 rings (SSSR count). The number of nitrogens with zero attached hydrogens (tertiary/aromatic N) is 2. The smallest absolute Gasteiger partial charge is 0.268 e. The summed E-state index contributed by atoms with van der Waals surface area (Å²) in [6.07, 6.45) is 1.54. The monoisotopic (exact) mass is 258 g/mol. The van der Waals surface area contributed by atoms with Gasteiger partial charge in [-0.25, -0.2) is 0 Å². The summed E-state index contributed by atoms with van der Waals surface area (Å²) >= 11 is 1.32. The fourth-order valence-corrected chi connectivity index (χ4v) is 2.02. The van der Waals surface area contributed by atoms with Crippen LogP contribution in [0.3, 0.4) is 0 Å². The first-order valence-electron chi connectivity index (χ1n) is 5.16. The quantitative estimate of drug-likeness (QED) is 0.790. The number of hydrogen-bond acceptors (Lipinski definition) is 5. The van der Waals surface area contributed by atoms with Gasteiger partial charge in [0.1, 0.15) is 4.88 Å². The highest BCUT2D eigenvalue weighted by molar-refractivity contribution is 7.12. The fourth-order valence-electron chi connectivity index (χ4n) is 1.27. The van der Waals surface area contributed by atoms with Crippen LogP contribution in [-0.2, 0) is 0 Å². The second kappa shape index (κ2) is 5.91. The molecule has 0 saturated carbocycles. The highest BCUT2D eigenvalue weighted by Crippen LogP contribution is 2.17. The number of anilines is 1. The number of amides is 1. The van der Waals surface area contributed by atoms with Crippen LogP contribution in [0.25, 0.3) is 0 Å². The van der Waals surface area contributed by atoms with Crippen molar-refractivity contribution in [2.75, 3.05) is 11.9 Å². The number of thiophene rings is 1. The topological polar surface area (TPSA) is 80.9 Å². The first-order valence-corrected chi connectivity index (χ1v) is 6.04. The van der Waals surface area contributed by atoms with Crippen molar-refractivity contribution in [1.29, 1.82) is 0 Å². The van der Waals surface area contributed by atoms with Gasteiger partial charge in [0.2, 0.25) is 0 Å². The molecule has 18 heavy (non-hydrogen) atoms. The number of hydrogen-bond donors (Lipinski definition) is 2. The minimum atomic E-state index is -0.244. The number of carbonyl (C=O) groups is 1. The molecule has 0 bridgehead atoms. The first kappa shape index (κ1) is 12.2. The van der Waals surface area contributed by atoms with Crippen LogP contribution in [-0.4, -0.2) is 22.6 Å². The lowest BCUT2D eigenvalue weighted by Crippen LogP contribution is -2.12. The minimum absolute atomic E-state index is 0.244. The van der Waals surface area contributed by atoms with Crippen molar-refractivity contribution in [3.8, 4) is 11.8 Å². The van der Waals surface area contributed by atoms with Crippen LogP contribution in [0.5, 0.6) is 0 Å². The lowest BCUT2D eigenvalue weighted by Gasteiger charge is -2.01. The zero-order valence-electron chi connectivity index (χ0n) is 9.38. The van der Waals surface area contributed by atoms with Crippen molar-refractivity contribution in [3.05, 3.63) is 40.2 Å². The van der Waals surface area contributed by atoms with Gasteiger partial charge in [-0.2, -0.15) is 5.10 Å². The van der Waals surface area contributed by atoms with E-state index in [1.165, 1.54) is 11.3 Å². The van der Waals surface area contributed by atoms with Crippen molar-refractivity contribution >= 4 is 23.1 Å². The summed E-state index contributed by atoms with van der Waals surface area (Å²) in [6.45, 7) is 0.265. The third kappa shape index (κ3) is 2.91. The molecule has 6 heteroatoms. The first-order chi connectivity index (χ1) is 8.81. The summed E-state index contributed by atoms with van der Waals surface area (Å²) in [5.74, 6) is 5.75. The van der Waals surface area contributed by atoms with Gasteiger partial charge in [0.25, 0.3) is 5.91 Å². The lowest BCUT2D eigenvalue weighted by atomic mass is 10.2. The Morgan fingerprint density at radius 2 is 2.39 bits per heavy atom. The van der Waals surface area contributed by atoms with E-state index in [0.717, 1.165) is 0 Å². The number of aromatic nitrogens is 2. The summed E-state index contributed by atoms with van der Waals surface area (Å²) < 4.78 is 0. The van der Waals surface area contributed by atoms with Gasteiger partial charge in [0.15, 0.2) is 5.82 Å². The molecule has 3 N–H and O–H groups in total. The van der Waals surface area contributed by atoms with Crippen LogP contribution in [0.15, 0.2) is 29.8 Å². The molecule has 90 valence electrons. The van der Waals surface area contributed by atoms with Crippen LogP contribution >= 0.6 is 11.3 Å². The molecule has 0 unspecified atom stereocenters. The number of nitrogens with two attached hydrogens (primary N) is 1. The van der Waals surface area contributed by atoms with Crippen molar-refractivity contribution in [2.24, 2.45) is 5.73 Å². The van der Waals surface area contributed by atoms with Gasteiger partial charge in [-0.15, -0.1) is 16.4 Å². The Morgan fingerprint density at radius 3 is 3.11 bits per heavy atom. The second-order valence-corrected chi connectivity index (χ2v) is 4.15. The lowest BCUT2D eigenvalue weighted by molar-refractivity contribution is 0.103. The molecule has 2 heterocycles. The van der Waals surface area contributed by atoms with Crippen molar-refractivity contribution in [2.45, 2.75) is 0 Å². The molecule has 0 fully saturated rings. The van der Waals surface area contributed by atoms with Crippen molar-refractivity contribution in [3.63, 3.8) is 0 Å². The molecule has 2 aromatic heterocycles. The van der Waals surface area contributed by atoms with E-state index in [1.807, 2.05) is 5.38 Å². The van der Waals surface area contributed by atoms with Crippen molar-refractivity contribution in [1.82, 2.24) is 10.2 Å². The fraction of sp³-hybridized carbons (Fsp3) is 0.0833. The largest absolute Gasteiger partial charge is 0.320 e. The summed E-state index contributed by atoms with van der Waals surface area (Å²) in [6, 6.07) is 5.16. The number of nitrogens with one attached hydrogen (secondary N) is 1. The standard InChI is InChI=1S/C12H10N4OS/c13-6-1-3-9-5-8-18-11(9)12(17)15-10-4-2-7-14-16-10/h2,4-5,7-8H,6,13H2,(H,15,16,17). The highest BCUT2D eigenvalue weighted by Gasteiger charge is 2.12. The summed E-state index contributed by atoms with van der Waals surface area (Å²) in [7, 11) is 0. The number of carbonyl (C=O) groups excluding carboxylic acids is 1. The average molecular weight is 258 g/mol. The molecule has 0 aliphatic heterocycles. The van der Waals surface area contributed by atoms with Crippen molar-refractivity contribution < 1.29 is 4.79 Å². The van der Waals surface area contributed by atoms with Gasteiger partial charge < -0.3 is 11.1 Å². The van der Waals surface area contributed by atoms with E-state index in [9.17, 15) is 4.79 Å². The zero-order chi connectivity index (χ0) is 12.8. The van der Waals surface area contributed by atoms with Gasteiger partial charge in [-0.1, -0.05) is 11.8 Å². The molecule has 0 atom stereocenters. The average Bonchev–Trinajstić information content (AvgIpc) is 2.86. The van der Waals surface area contributed by atoms with Gasteiger partial charge in [0, 0.05) is 11.8 Å². The molecule has 0 spiro atoms. The second-order valence-electron chi connectivity index (χ2n) is 3.23. The Balaban J connectivity index is 2.17. The molecular weight excluding hydrogens is 248 g/mol. The van der Waals surface area contributed by atoms with E-state index in [1.54, 1.807) is 24.4 Å². The molecule has 0 aromatic carbocycles. The SMILES string of the molecule is NCC#Cc1ccsc1C(=O)Nc1cccnn1. The van der Waals surface area contributed by atoms with Gasteiger partial charge in [0.05, 0.1) is 6.54 Å². The highest BCUT2D eigenvalue weighted by atomic mass is 32.1. The van der Waals surface area contributed by atoms with E-state index in [0.29, 0.717) is 16.3 Å². The third-order valence-electron chi connectivity index (χ3n) is 2.01. The Hall–Kier alpha value is -2.23. The molecule has 0 aliphatic rings. The molecule has 0 saturated heterocycles. The van der Waals surface area contributed by atoms with Gasteiger partial charge >= 0.3 is 0 Å². The molecule has 0 radical (unpaired) electrons. The minimum Gasteiger partial charge on any atom is -0.320 e. The van der Waals surface area contributed by atoms with Crippen LogP contribution in [0.1, 0.15) is 15.2 Å². The predicted molar refractivity (Wildman–Crippen MR) is 70.2 cm³/mol. The van der Waals surface area contributed by atoms with E-state index >= 15 is 0 Å². The van der Waals surface area contributed by atoms with Crippen LogP contribution in [0.4, 0.5) is 5.82 Å². The summed E-state index contributed by atoms with van der Waals surface area (Å²) in [5.41, 5.74) is 5.98. The molecule has 1 amide bonds. The molecule has 2 aromatic rings. The summed E-state index contributed by atoms with van der Waals surface area (Å²) in [5, 5.41) is 11.9. The molecule has 0 aliphatic carbocycles. The molecular formula is C12H10N4OS. The van der Waals surface area contributed by atoms with E-state index < -0.39 is 0 Å². The predicted octanol–water partition coefficient (Wildman–Crippen LogP) is 1.10. The maximum absolute atomic E-state index is 12.0. The van der Waals surface area contributed by atoms with E-state index in [-0.39, 0.29) is 12.5 Å². The summed E-state index contributed by atoms with van der Waals surface area (Å²) in [4.78, 5) is 12.5. The van der Waals surface area contributed by atoms with Crippen LogP contribution < -0.4 is 11.1 Å². The van der Waals surface area contributed by atoms with E-state index in [4.69, 9.17) is 5.73 Å². The van der Waals surface area contributed by atoms with Gasteiger partial charge in [-0.3, -0.25) is 4.79 Å². The third-order valence-corrected chi connectivity index (χ3v) is 2.92. The van der Waals surface area contributed by atoms with Gasteiger partial charge in [-0.05, 0) is 23.6 Å². The molecule has 5 nitrogen and oxygen atoms in total. The Kier molecular flexibility index (Phi) is 4.02. The maximum Gasteiger partial charge on any atom is 0.268 e. The van der Waals surface area contributed by atoms with Crippen LogP contribution in [0, 0.1) is 11.8 Å². The van der Waals surface area contributed by atoms with Crippen LogP contribution in [0.2, 0.25) is 0 Å². The maximum atomic E-state index is 12.0.